The lowest BCUT2D eigenvalue weighted by Crippen LogP contribution is -2.50. The van der Waals surface area contributed by atoms with Crippen LogP contribution in [0.3, 0.4) is 0 Å². The van der Waals surface area contributed by atoms with Gasteiger partial charge in [-0.25, -0.2) is 9.78 Å². The molecule has 0 radical (unpaired) electrons. The van der Waals surface area contributed by atoms with Gasteiger partial charge in [0, 0.05) is 44.1 Å². The summed E-state index contributed by atoms with van der Waals surface area (Å²) in [4.78, 5) is 33.6. The van der Waals surface area contributed by atoms with Gasteiger partial charge in [0.1, 0.15) is 17.6 Å². The van der Waals surface area contributed by atoms with Crippen LogP contribution in [0.5, 0.6) is 11.5 Å². The number of nitrogens with zero attached hydrogens (tertiary/aromatic N) is 4. The average Bonchev–Trinajstić information content (AvgIpc) is 3.42. The van der Waals surface area contributed by atoms with E-state index in [2.05, 4.69) is 15.0 Å². The van der Waals surface area contributed by atoms with E-state index in [1.165, 1.54) is 45.1 Å². The van der Waals surface area contributed by atoms with E-state index in [-0.39, 0.29) is 53.7 Å². The molecule has 0 saturated heterocycles. The number of sulfonamides is 1. The number of nitrogens with one attached hydrogen (secondary N) is 2. The van der Waals surface area contributed by atoms with Crippen molar-refractivity contribution in [1.29, 1.82) is 0 Å². The van der Waals surface area contributed by atoms with Crippen LogP contribution >= 0.6 is 0 Å². The molecule has 4 rings (SSSR count). The fourth-order valence-corrected chi connectivity index (χ4v) is 5.52. The number of amides is 3. The van der Waals surface area contributed by atoms with E-state index in [4.69, 9.17) is 9.47 Å². The number of aromatic nitrogens is 2. The smallest absolute Gasteiger partial charge is 0.321 e. The molecule has 0 fully saturated rings. The van der Waals surface area contributed by atoms with Crippen LogP contribution in [0.15, 0.2) is 60.0 Å². The SMILES string of the molecule is COc1ccc(NC(=O)N(C)C[C@@H]2Oc3ccc(NS(=O)(=O)c4cn(C)cn4)cc3C(=O)N([C@@H](C)CO)C[C@@H]2C)cc1. The molecule has 3 N–H and O–H groups in total. The number of rotatable bonds is 9. The molecule has 1 aromatic heterocycles. The average molecular weight is 601 g/mol. The van der Waals surface area contributed by atoms with Crippen LogP contribution < -0.4 is 19.5 Å². The zero-order valence-electron chi connectivity index (χ0n) is 24.1. The highest BCUT2D eigenvalue weighted by Crippen LogP contribution is 2.31. The molecule has 0 bridgehead atoms. The molecular weight excluding hydrogens is 564 g/mol. The Morgan fingerprint density at radius 1 is 1.24 bits per heavy atom. The van der Waals surface area contributed by atoms with Crippen molar-refractivity contribution in [1.82, 2.24) is 19.4 Å². The Balaban J connectivity index is 1.59. The van der Waals surface area contributed by atoms with Crippen molar-refractivity contribution in [2.24, 2.45) is 13.0 Å². The third-order valence-corrected chi connectivity index (χ3v) is 8.28. The number of methoxy groups -OCH3 is 1. The van der Waals surface area contributed by atoms with Gasteiger partial charge in [0.15, 0.2) is 5.03 Å². The van der Waals surface area contributed by atoms with E-state index in [0.717, 1.165) is 0 Å². The first-order chi connectivity index (χ1) is 19.9. The van der Waals surface area contributed by atoms with Crippen LogP contribution in [0.25, 0.3) is 0 Å². The van der Waals surface area contributed by atoms with Gasteiger partial charge >= 0.3 is 6.03 Å². The second-order valence-electron chi connectivity index (χ2n) is 10.4. The van der Waals surface area contributed by atoms with Crippen molar-refractivity contribution < 1.29 is 32.6 Å². The number of hydrogen-bond acceptors (Lipinski definition) is 8. The number of carbonyl (C=O) groups is 2. The summed E-state index contributed by atoms with van der Waals surface area (Å²) in [7, 11) is 0.852. The first-order valence-corrected chi connectivity index (χ1v) is 14.8. The van der Waals surface area contributed by atoms with Crippen molar-refractivity contribution in [2.75, 3.05) is 43.9 Å². The summed E-state index contributed by atoms with van der Waals surface area (Å²) in [5.74, 6) is 0.258. The minimum Gasteiger partial charge on any atom is -0.497 e. The number of fused-ring (bicyclic) bond motifs is 1. The molecule has 1 aliphatic rings. The predicted molar refractivity (Wildman–Crippen MR) is 156 cm³/mol. The Morgan fingerprint density at radius 2 is 1.93 bits per heavy atom. The van der Waals surface area contributed by atoms with E-state index in [0.29, 0.717) is 11.4 Å². The molecule has 42 heavy (non-hydrogen) atoms. The topological polar surface area (TPSA) is 155 Å². The van der Waals surface area contributed by atoms with Gasteiger partial charge in [-0.3, -0.25) is 9.52 Å². The summed E-state index contributed by atoms with van der Waals surface area (Å²) in [5.41, 5.74) is 0.867. The zero-order chi connectivity index (χ0) is 30.6. The van der Waals surface area contributed by atoms with E-state index >= 15 is 0 Å². The van der Waals surface area contributed by atoms with Gasteiger partial charge in [0.2, 0.25) is 0 Å². The molecule has 13 nitrogen and oxygen atoms in total. The zero-order valence-corrected chi connectivity index (χ0v) is 25.0. The number of anilines is 2. The number of hydrogen-bond donors (Lipinski definition) is 3. The Hall–Kier alpha value is -4.30. The van der Waals surface area contributed by atoms with Crippen LogP contribution in [0.2, 0.25) is 0 Å². The summed E-state index contributed by atoms with van der Waals surface area (Å²) in [6.45, 7) is 3.79. The monoisotopic (exact) mass is 600 g/mol. The van der Waals surface area contributed by atoms with E-state index in [1.807, 2.05) is 6.92 Å². The highest BCUT2D eigenvalue weighted by Gasteiger charge is 2.34. The third-order valence-electron chi connectivity index (χ3n) is 7.02. The van der Waals surface area contributed by atoms with Crippen molar-refractivity contribution in [3.05, 3.63) is 60.6 Å². The van der Waals surface area contributed by atoms with E-state index in [1.54, 1.807) is 52.4 Å². The van der Waals surface area contributed by atoms with Crippen molar-refractivity contribution in [3.8, 4) is 11.5 Å². The first-order valence-electron chi connectivity index (χ1n) is 13.3. The van der Waals surface area contributed by atoms with Crippen LogP contribution in [0, 0.1) is 5.92 Å². The molecule has 0 unspecified atom stereocenters. The lowest BCUT2D eigenvalue weighted by atomic mass is 9.99. The number of benzene rings is 2. The Morgan fingerprint density at radius 3 is 2.55 bits per heavy atom. The molecule has 2 aromatic carbocycles. The molecule has 226 valence electrons. The molecule has 0 aliphatic carbocycles. The number of likely N-dealkylation sites (N-methyl/N-ethyl adjacent to an activating group) is 1. The van der Waals surface area contributed by atoms with Gasteiger partial charge < -0.3 is 34.3 Å². The summed E-state index contributed by atoms with van der Waals surface area (Å²) in [5, 5.41) is 12.6. The minimum absolute atomic E-state index is 0.124. The number of aliphatic hydroxyl groups excluding tert-OH is 1. The third kappa shape index (κ3) is 6.94. The lowest BCUT2D eigenvalue weighted by molar-refractivity contribution is 0.0371. The molecule has 3 atom stereocenters. The number of urea groups is 1. The molecular formula is C28H36N6O7S. The molecule has 0 saturated carbocycles. The number of ether oxygens (including phenoxy) is 2. The maximum absolute atomic E-state index is 13.7. The highest BCUT2D eigenvalue weighted by molar-refractivity contribution is 7.92. The maximum Gasteiger partial charge on any atom is 0.321 e. The number of aliphatic hydroxyl groups is 1. The Kier molecular flexibility index (Phi) is 9.27. The van der Waals surface area contributed by atoms with Gasteiger partial charge in [-0.1, -0.05) is 6.92 Å². The fourth-order valence-electron chi connectivity index (χ4n) is 4.49. The van der Waals surface area contributed by atoms with Crippen molar-refractivity contribution in [2.45, 2.75) is 31.0 Å². The maximum atomic E-state index is 13.7. The quantitative estimate of drug-likeness (QED) is 0.339. The number of carbonyl (C=O) groups excluding carboxylic acids is 2. The van der Waals surface area contributed by atoms with Crippen LogP contribution in [0.1, 0.15) is 24.2 Å². The van der Waals surface area contributed by atoms with Crippen molar-refractivity contribution in [3.63, 3.8) is 0 Å². The fraction of sp³-hybridized carbons (Fsp3) is 0.393. The second-order valence-corrected chi connectivity index (χ2v) is 12.0. The largest absolute Gasteiger partial charge is 0.497 e. The van der Waals surface area contributed by atoms with Gasteiger partial charge in [-0.15, -0.1) is 0 Å². The Bertz CT molecular complexity index is 1530. The molecule has 3 amide bonds. The number of aryl methyl sites for hydroxylation is 1. The summed E-state index contributed by atoms with van der Waals surface area (Å²) in [6.07, 6.45) is 2.20. The molecule has 14 heteroatoms. The highest BCUT2D eigenvalue weighted by atomic mass is 32.2. The summed E-state index contributed by atoms with van der Waals surface area (Å²) < 4.78 is 41.2. The minimum atomic E-state index is -4.01. The molecule has 0 spiro atoms. The van der Waals surface area contributed by atoms with Gasteiger partial charge in [-0.05, 0) is 49.4 Å². The van der Waals surface area contributed by atoms with E-state index in [9.17, 15) is 23.1 Å². The van der Waals surface area contributed by atoms with Crippen molar-refractivity contribution >= 4 is 33.3 Å². The first kappa shape index (κ1) is 30.7. The Labute approximate surface area is 245 Å². The summed E-state index contributed by atoms with van der Waals surface area (Å²) in [6, 6.07) is 10.5. The molecule has 2 heterocycles. The predicted octanol–water partition coefficient (Wildman–Crippen LogP) is 2.61. The lowest BCUT2D eigenvalue weighted by Gasteiger charge is -2.38. The number of imidazole rings is 1. The van der Waals surface area contributed by atoms with Gasteiger partial charge in [-0.2, -0.15) is 8.42 Å². The molecule has 1 aliphatic heterocycles. The van der Waals surface area contributed by atoms with Gasteiger partial charge in [0.05, 0.1) is 38.2 Å². The normalized spacial score (nSPS) is 17.8. The molecule has 3 aromatic rings. The van der Waals surface area contributed by atoms with E-state index < -0.39 is 28.1 Å². The van der Waals surface area contributed by atoms with Crippen LogP contribution in [-0.4, -0.2) is 90.8 Å². The summed E-state index contributed by atoms with van der Waals surface area (Å²) >= 11 is 0. The van der Waals surface area contributed by atoms with Gasteiger partial charge in [0.25, 0.3) is 15.9 Å². The van der Waals surface area contributed by atoms with Crippen LogP contribution in [-0.2, 0) is 17.1 Å². The standard InChI is InChI=1S/C28H36N6O7S/c1-18-13-34(19(2)16-35)27(36)23-12-21(31-42(38,39)26-15-32(3)17-29-26)8-11-24(23)41-25(18)14-33(4)28(37)30-20-6-9-22(40-5)10-7-20/h6-12,15,17-19,25,31,35H,13-14,16H2,1-5H3,(H,30,37)/t18-,19-,25-/m0/s1. The van der Waals surface area contributed by atoms with Crippen LogP contribution in [0.4, 0.5) is 16.2 Å². The second kappa shape index (κ2) is 12.7.